The summed E-state index contributed by atoms with van der Waals surface area (Å²) in [5.74, 6) is 0.437. The molecule has 2 fully saturated rings. The van der Waals surface area contributed by atoms with Gasteiger partial charge in [0.05, 0.1) is 11.8 Å². The van der Waals surface area contributed by atoms with Gasteiger partial charge in [-0.25, -0.2) is 12.7 Å². The molecular weight excluding hydrogens is 350 g/mol. The fourth-order valence-corrected chi connectivity index (χ4v) is 5.48. The van der Waals surface area contributed by atoms with Crippen molar-refractivity contribution < 1.29 is 13.2 Å². The van der Waals surface area contributed by atoms with E-state index in [1.165, 1.54) is 0 Å². The molecule has 2 aliphatic rings. The van der Waals surface area contributed by atoms with Gasteiger partial charge in [-0.1, -0.05) is 20.8 Å². The maximum absolute atomic E-state index is 12.5. The summed E-state index contributed by atoms with van der Waals surface area (Å²) in [5.41, 5.74) is -0.242. The highest BCUT2D eigenvalue weighted by Crippen LogP contribution is 2.24. The van der Waals surface area contributed by atoms with E-state index in [0.717, 1.165) is 32.2 Å². The van der Waals surface area contributed by atoms with E-state index in [0.29, 0.717) is 19.6 Å². The minimum atomic E-state index is -3.22. The van der Waals surface area contributed by atoms with Crippen LogP contribution >= 0.6 is 12.4 Å². The van der Waals surface area contributed by atoms with E-state index >= 15 is 0 Å². The zero-order valence-electron chi connectivity index (χ0n) is 15.0. The molecule has 2 rings (SSSR count). The van der Waals surface area contributed by atoms with E-state index in [9.17, 15) is 13.2 Å². The molecule has 0 bridgehead atoms. The lowest BCUT2D eigenvalue weighted by atomic mass is 9.99. The summed E-state index contributed by atoms with van der Waals surface area (Å²) >= 11 is 0. The van der Waals surface area contributed by atoms with Gasteiger partial charge in [0.25, 0.3) is 0 Å². The Balaban J connectivity index is 0.00000288. The third kappa shape index (κ3) is 6.50. The SMILES string of the molecule is CC(C)(C)CS(=O)(=O)N1CCCC(CNC(=O)C2CCCN2)C1.Cl. The second-order valence-corrected chi connectivity index (χ2v) is 10.0. The van der Waals surface area contributed by atoms with Crippen LogP contribution in [-0.2, 0) is 14.8 Å². The molecule has 0 aromatic rings. The van der Waals surface area contributed by atoms with Crippen LogP contribution in [0.1, 0.15) is 46.5 Å². The lowest BCUT2D eigenvalue weighted by Crippen LogP contribution is -2.47. The molecule has 0 spiro atoms. The van der Waals surface area contributed by atoms with Crippen LogP contribution in [-0.4, -0.2) is 56.6 Å². The second-order valence-electron chi connectivity index (χ2n) is 8.08. The predicted molar refractivity (Wildman–Crippen MR) is 98.8 cm³/mol. The van der Waals surface area contributed by atoms with Crippen LogP contribution in [0, 0.1) is 11.3 Å². The molecule has 2 aliphatic heterocycles. The molecule has 2 heterocycles. The van der Waals surface area contributed by atoms with E-state index in [2.05, 4.69) is 10.6 Å². The minimum Gasteiger partial charge on any atom is -0.354 e. The molecule has 24 heavy (non-hydrogen) atoms. The first kappa shape index (κ1) is 21.7. The number of rotatable bonds is 5. The predicted octanol–water partition coefficient (Wildman–Crippen LogP) is 1.36. The van der Waals surface area contributed by atoms with Gasteiger partial charge < -0.3 is 10.6 Å². The molecule has 2 N–H and O–H groups in total. The van der Waals surface area contributed by atoms with E-state index in [1.807, 2.05) is 20.8 Å². The number of hydrogen-bond acceptors (Lipinski definition) is 4. The highest BCUT2D eigenvalue weighted by molar-refractivity contribution is 7.89. The van der Waals surface area contributed by atoms with Crippen LogP contribution in [0.25, 0.3) is 0 Å². The number of carbonyl (C=O) groups is 1. The number of sulfonamides is 1. The molecule has 1 amide bonds. The Morgan fingerprint density at radius 1 is 1.25 bits per heavy atom. The topological polar surface area (TPSA) is 78.5 Å². The number of amides is 1. The van der Waals surface area contributed by atoms with Crippen molar-refractivity contribution in [3.05, 3.63) is 0 Å². The molecule has 2 unspecified atom stereocenters. The van der Waals surface area contributed by atoms with Crippen LogP contribution in [0.3, 0.4) is 0 Å². The average molecular weight is 382 g/mol. The molecule has 0 radical (unpaired) electrons. The monoisotopic (exact) mass is 381 g/mol. The van der Waals surface area contributed by atoms with E-state index < -0.39 is 10.0 Å². The van der Waals surface area contributed by atoms with Crippen molar-refractivity contribution in [3.8, 4) is 0 Å². The first-order chi connectivity index (χ1) is 10.7. The number of piperidine rings is 1. The normalized spacial score (nSPS) is 26.0. The van der Waals surface area contributed by atoms with Crippen molar-refractivity contribution in [3.63, 3.8) is 0 Å². The van der Waals surface area contributed by atoms with Gasteiger partial charge in [0, 0.05) is 19.6 Å². The summed E-state index contributed by atoms with van der Waals surface area (Å²) in [7, 11) is -3.22. The Labute approximate surface area is 152 Å². The number of nitrogens with one attached hydrogen (secondary N) is 2. The molecule has 8 heteroatoms. The van der Waals surface area contributed by atoms with Gasteiger partial charge in [0.15, 0.2) is 0 Å². The Kier molecular flexibility index (Phi) is 7.97. The highest BCUT2D eigenvalue weighted by Gasteiger charge is 2.32. The fraction of sp³-hybridized carbons (Fsp3) is 0.938. The smallest absolute Gasteiger partial charge is 0.237 e. The van der Waals surface area contributed by atoms with Gasteiger partial charge in [-0.2, -0.15) is 0 Å². The molecule has 0 saturated carbocycles. The molecule has 0 aliphatic carbocycles. The van der Waals surface area contributed by atoms with Crippen LogP contribution in [0.15, 0.2) is 0 Å². The molecule has 0 aromatic carbocycles. The summed E-state index contributed by atoms with van der Waals surface area (Å²) in [6, 6.07) is -0.0701. The van der Waals surface area contributed by atoms with Gasteiger partial charge in [-0.05, 0) is 43.6 Å². The fourth-order valence-electron chi connectivity index (χ4n) is 3.36. The first-order valence-corrected chi connectivity index (χ1v) is 10.3. The lowest BCUT2D eigenvalue weighted by molar-refractivity contribution is -0.123. The van der Waals surface area contributed by atoms with Gasteiger partial charge in [0.2, 0.25) is 15.9 Å². The number of halogens is 1. The number of carbonyl (C=O) groups excluding carboxylic acids is 1. The summed E-state index contributed by atoms with van der Waals surface area (Å²) in [6.07, 6.45) is 3.77. The zero-order valence-corrected chi connectivity index (χ0v) is 16.6. The van der Waals surface area contributed by atoms with Crippen molar-refractivity contribution in [1.82, 2.24) is 14.9 Å². The first-order valence-electron chi connectivity index (χ1n) is 8.66. The highest BCUT2D eigenvalue weighted by atomic mass is 35.5. The summed E-state index contributed by atoms with van der Waals surface area (Å²) in [6.45, 7) is 8.44. The maximum Gasteiger partial charge on any atom is 0.237 e. The third-order valence-electron chi connectivity index (χ3n) is 4.43. The quantitative estimate of drug-likeness (QED) is 0.753. The molecule has 0 aromatic heterocycles. The minimum absolute atomic E-state index is 0. The van der Waals surface area contributed by atoms with E-state index in [1.54, 1.807) is 4.31 Å². The van der Waals surface area contributed by atoms with Crippen LogP contribution in [0.4, 0.5) is 0 Å². The molecular formula is C16H32ClN3O3S. The standard InChI is InChI=1S/C16H31N3O3S.ClH/c1-16(2,3)12-23(21,22)19-9-5-6-13(11-19)10-18-15(20)14-7-4-8-17-14;/h13-14,17H,4-12H2,1-3H3,(H,18,20);1H. The van der Waals surface area contributed by atoms with E-state index in [4.69, 9.17) is 0 Å². The zero-order chi connectivity index (χ0) is 17.1. The Hall–Kier alpha value is -0.370. The van der Waals surface area contributed by atoms with Crippen molar-refractivity contribution in [1.29, 1.82) is 0 Å². The number of hydrogen-bond donors (Lipinski definition) is 2. The summed E-state index contributed by atoms with van der Waals surface area (Å²) < 4.78 is 26.7. The maximum atomic E-state index is 12.5. The van der Waals surface area contributed by atoms with Gasteiger partial charge in [-0.15, -0.1) is 12.4 Å². The summed E-state index contributed by atoms with van der Waals surface area (Å²) in [5, 5.41) is 6.18. The molecule has 2 atom stereocenters. The molecule has 6 nitrogen and oxygen atoms in total. The van der Waals surface area contributed by atoms with Crippen LogP contribution in [0.2, 0.25) is 0 Å². The number of nitrogens with zero attached hydrogens (tertiary/aromatic N) is 1. The average Bonchev–Trinajstić information content (AvgIpc) is 2.97. The third-order valence-corrected chi connectivity index (χ3v) is 6.78. The lowest BCUT2D eigenvalue weighted by Gasteiger charge is -2.34. The molecule has 142 valence electrons. The largest absolute Gasteiger partial charge is 0.354 e. The van der Waals surface area contributed by atoms with Crippen molar-refractivity contribution in [2.75, 3.05) is 31.9 Å². The Morgan fingerprint density at radius 3 is 2.54 bits per heavy atom. The second kappa shape index (κ2) is 8.83. The van der Waals surface area contributed by atoms with Gasteiger partial charge >= 0.3 is 0 Å². The van der Waals surface area contributed by atoms with Gasteiger partial charge in [0.1, 0.15) is 0 Å². The summed E-state index contributed by atoms with van der Waals surface area (Å²) in [4.78, 5) is 12.0. The Morgan fingerprint density at radius 2 is 1.96 bits per heavy atom. The van der Waals surface area contributed by atoms with Crippen LogP contribution < -0.4 is 10.6 Å². The van der Waals surface area contributed by atoms with Crippen molar-refractivity contribution in [2.45, 2.75) is 52.5 Å². The van der Waals surface area contributed by atoms with Crippen molar-refractivity contribution >= 4 is 28.3 Å². The van der Waals surface area contributed by atoms with Gasteiger partial charge in [-0.3, -0.25) is 4.79 Å². The van der Waals surface area contributed by atoms with E-state index in [-0.39, 0.29) is 41.4 Å². The Bertz CT molecular complexity index is 513. The van der Waals surface area contributed by atoms with Crippen molar-refractivity contribution in [2.24, 2.45) is 11.3 Å². The van der Waals surface area contributed by atoms with Crippen LogP contribution in [0.5, 0.6) is 0 Å². The molecule has 2 saturated heterocycles.